The van der Waals surface area contributed by atoms with Gasteiger partial charge < -0.3 is 24.0 Å². The largest absolute Gasteiger partial charge is 0.495 e. The highest BCUT2D eigenvalue weighted by Crippen LogP contribution is 2.33. The van der Waals surface area contributed by atoms with Gasteiger partial charge in [-0.2, -0.15) is 0 Å². The summed E-state index contributed by atoms with van der Waals surface area (Å²) in [6.45, 7) is -0.196. The Balaban J connectivity index is 1.59. The second-order valence-corrected chi connectivity index (χ2v) is 7.49. The molecule has 4 rings (SSSR count). The minimum Gasteiger partial charge on any atom is -0.495 e. The Morgan fingerprint density at radius 3 is 2.32 bits per heavy atom. The highest BCUT2D eigenvalue weighted by atomic mass is 35.5. The van der Waals surface area contributed by atoms with E-state index in [9.17, 15) is 9.90 Å². The van der Waals surface area contributed by atoms with Crippen LogP contribution in [0.15, 0.2) is 69.5 Å². The van der Waals surface area contributed by atoms with E-state index in [4.69, 9.17) is 36.8 Å². The number of halogens is 2. The number of carbonyl (C=O) groups is 1. The molecule has 2 aromatic heterocycles. The molecule has 158 valence electrons. The molecule has 2 N–H and O–H groups in total. The van der Waals surface area contributed by atoms with Crippen molar-refractivity contribution in [3.05, 3.63) is 82.2 Å². The van der Waals surface area contributed by atoms with Gasteiger partial charge in [0.2, 0.25) is 0 Å². The summed E-state index contributed by atoms with van der Waals surface area (Å²) in [5.74, 6) is 1.59. The molecule has 0 spiro atoms. The number of rotatable bonds is 6. The van der Waals surface area contributed by atoms with E-state index < -0.39 is 5.91 Å². The van der Waals surface area contributed by atoms with E-state index >= 15 is 0 Å². The van der Waals surface area contributed by atoms with Gasteiger partial charge in [-0.25, -0.2) is 0 Å². The van der Waals surface area contributed by atoms with E-state index in [1.54, 1.807) is 60.7 Å². The molecule has 1 amide bonds. The number of aliphatic hydroxyl groups is 1. The van der Waals surface area contributed by atoms with Gasteiger partial charge in [-0.15, -0.1) is 0 Å². The molecule has 0 radical (unpaired) electrons. The van der Waals surface area contributed by atoms with Gasteiger partial charge in [0, 0.05) is 21.2 Å². The summed E-state index contributed by atoms with van der Waals surface area (Å²) in [7, 11) is 1.51. The monoisotopic (exact) mass is 457 g/mol. The van der Waals surface area contributed by atoms with Crippen molar-refractivity contribution in [3.63, 3.8) is 0 Å². The molecular weight excluding hydrogens is 441 g/mol. The van der Waals surface area contributed by atoms with Crippen LogP contribution < -0.4 is 10.1 Å². The lowest BCUT2D eigenvalue weighted by Gasteiger charge is -2.11. The summed E-state index contributed by atoms with van der Waals surface area (Å²) >= 11 is 12.1. The highest BCUT2D eigenvalue weighted by Gasteiger charge is 2.16. The molecule has 0 aliphatic heterocycles. The van der Waals surface area contributed by atoms with Crippen LogP contribution in [0.2, 0.25) is 10.0 Å². The first-order chi connectivity index (χ1) is 15.0. The van der Waals surface area contributed by atoms with Crippen LogP contribution in [0.3, 0.4) is 0 Å². The fraction of sp³-hybridized carbons (Fsp3) is 0.0870. The number of carbonyl (C=O) groups excluding carboxylic acids is 1. The number of hydrogen-bond donors (Lipinski definition) is 2. The van der Waals surface area contributed by atoms with Crippen LogP contribution in [-0.2, 0) is 6.61 Å². The van der Waals surface area contributed by atoms with E-state index in [0.717, 1.165) is 0 Å². The first-order valence-corrected chi connectivity index (χ1v) is 9.98. The Hall–Kier alpha value is -3.19. The van der Waals surface area contributed by atoms with E-state index in [1.165, 1.54) is 7.11 Å². The standard InChI is InChI=1S/C23H17Cl2NO5/c1-29-21-4-2-13(19-5-3-17(12-27)30-19)10-18(21)26-23(28)22-7-6-20(31-22)14-8-15(24)11-16(25)9-14/h2-11,27H,12H2,1H3,(H,26,28). The van der Waals surface area contributed by atoms with Crippen molar-refractivity contribution < 1.29 is 23.5 Å². The molecule has 8 heteroatoms. The van der Waals surface area contributed by atoms with Gasteiger partial charge in [0.1, 0.15) is 29.6 Å². The van der Waals surface area contributed by atoms with Crippen LogP contribution in [0.5, 0.6) is 5.75 Å². The van der Waals surface area contributed by atoms with Gasteiger partial charge in [0.05, 0.1) is 12.8 Å². The quantitative estimate of drug-likeness (QED) is 0.356. The normalized spacial score (nSPS) is 10.8. The molecule has 6 nitrogen and oxygen atoms in total. The van der Waals surface area contributed by atoms with Crippen LogP contribution in [0, 0.1) is 0 Å². The zero-order valence-electron chi connectivity index (χ0n) is 16.3. The second-order valence-electron chi connectivity index (χ2n) is 6.62. The molecule has 2 heterocycles. The lowest BCUT2D eigenvalue weighted by molar-refractivity contribution is 0.0997. The van der Waals surface area contributed by atoms with Crippen molar-refractivity contribution in [2.75, 3.05) is 12.4 Å². The smallest absolute Gasteiger partial charge is 0.291 e. The Morgan fingerprint density at radius 2 is 1.65 bits per heavy atom. The van der Waals surface area contributed by atoms with E-state index in [0.29, 0.717) is 49.9 Å². The number of furan rings is 2. The number of amides is 1. The second kappa shape index (κ2) is 8.89. The number of hydrogen-bond acceptors (Lipinski definition) is 5. The number of aliphatic hydroxyl groups excluding tert-OH is 1. The highest BCUT2D eigenvalue weighted by molar-refractivity contribution is 6.35. The third-order valence-electron chi connectivity index (χ3n) is 4.53. The van der Waals surface area contributed by atoms with Crippen molar-refractivity contribution >= 4 is 34.8 Å². The van der Waals surface area contributed by atoms with Crippen LogP contribution in [0.1, 0.15) is 16.3 Å². The van der Waals surface area contributed by atoms with Crippen molar-refractivity contribution in [1.82, 2.24) is 0 Å². The molecule has 0 saturated carbocycles. The van der Waals surface area contributed by atoms with Gasteiger partial charge in [-0.05, 0) is 60.7 Å². The molecule has 2 aromatic carbocycles. The average Bonchev–Trinajstić information content (AvgIpc) is 3.43. The maximum Gasteiger partial charge on any atom is 0.291 e. The Labute approximate surface area is 188 Å². The molecule has 0 saturated heterocycles. The zero-order valence-corrected chi connectivity index (χ0v) is 17.8. The topological polar surface area (TPSA) is 84.8 Å². The number of methoxy groups -OCH3 is 1. The van der Waals surface area contributed by atoms with Crippen LogP contribution in [0.4, 0.5) is 5.69 Å². The predicted molar refractivity (Wildman–Crippen MR) is 119 cm³/mol. The van der Waals surface area contributed by atoms with Crippen LogP contribution in [0.25, 0.3) is 22.6 Å². The summed E-state index contributed by atoms with van der Waals surface area (Å²) in [5.41, 5.74) is 1.81. The van der Waals surface area contributed by atoms with Gasteiger partial charge in [-0.3, -0.25) is 4.79 Å². The molecule has 0 atom stereocenters. The molecule has 0 fully saturated rings. The lowest BCUT2D eigenvalue weighted by atomic mass is 10.1. The summed E-state index contributed by atoms with van der Waals surface area (Å²) in [5, 5.41) is 12.9. The first kappa shape index (κ1) is 21.1. The lowest BCUT2D eigenvalue weighted by Crippen LogP contribution is -2.11. The summed E-state index contributed by atoms with van der Waals surface area (Å²) < 4.78 is 16.6. The van der Waals surface area contributed by atoms with Crippen molar-refractivity contribution in [2.24, 2.45) is 0 Å². The number of benzene rings is 2. The predicted octanol–water partition coefficient (Wildman–Crippen LogP) is 6.27. The Bertz CT molecular complexity index is 1220. The SMILES string of the molecule is COc1ccc(-c2ccc(CO)o2)cc1NC(=O)c1ccc(-c2cc(Cl)cc(Cl)c2)o1. The zero-order chi connectivity index (χ0) is 22.0. The molecule has 0 bridgehead atoms. The minimum atomic E-state index is -0.453. The molecule has 31 heavy (non-hydrogen) atoms. The molecule has 4 aromatic rings. The maximum absolute atomic E-state index is 12.8. The Morgan fingerprint density at radius 1 is 0.935 bits per heavy atom. The van der Waals surface area contributed by atoms with E-state index in [-0.39, 0.29) is 12.4 Å². The number of anilines is 1. The van der Waals surface area contributed by atoms with Crippen molar-refractivity contribution in [1.29, 1.82) is 0 Å². The van der Waals surface area contributed by atoms with Gasteiger partial charge in [-0.1, -0.05) is 23.2 Å². The number of nitrogens with one attached hydrogen (secondary N) is 1. The molecule has 0 aliphatic carbocycles. The third-order valence-corrected chi connectivity index (χ3v) is 4.96. The van der Waals surface area contributed by atoms with Crippen LogP contribution in [-0.4, -0.2) is 18.1 Å². The molecular formula is C23H17Cl2NO5. The fourth-order valence-corrected chi connectivity index (χ4v) is 3.60. The number of ether oxygens (including phenoxy) is 1. The summed E-state index contributed by atoms with van der Waals surface area (Å²) in [4.78, 5) is 12.8. The van der Waals surface area contributed by atoms with Gasteiger partial charge in [0.25, 0.3) is 5.91 Å². The summed E-state index contributed by atoms with van der Waals surface area (Å²) in [6, 6.07) is 16.9. The van der Waals surface area contributed by atoms with Crippen LogP contribution >= 0.6 is 23.2 Å². The molecule has 0 aliphatic rings. The Kier molecular flexibility index (Phi) is 6.04. The first-order valence-electron chi connectivity index (χ1n) is 9.22. The van der Waals surface area contributed by atoms with Gasteiger partial charge in [0.15, 0.2) is 5.76 Å². The minimum absolute atomic E-state index is 0.110. The molecule has 0 unspecified atom stereocenters. The van der Waals surface area contributed by atoms with E-state index in [1.807, 2.05) is 0 Å². The average molecular weight is 458 g/mol. The van der Waals surface area contributed by atoms with Crippen molar-refractivity contribution in [2.45, 2.75) is 6.61 Å². The maximum atomic E-state index is 12.8. The fourth-order valence-electron chi connectivity index (χ4n) is 3.07. The van der Waals surface area contributed by atoms with E-state index in [2.05, 4.69) is 5.32 Å². The summed E-state index contributed by atoms with van der Waals surface area (Å²) in [6.07, 6.45) is 0. The van der Waals surface area contributed by atoms with Gasteiger partial charge >= 0.3 is 0 Å². The third kappa shape index (κ3) is 4.61. The van der Waals surface area contributed by atoms with Crippen molar-refractivity contribution in [3.8, 4) is 28.4 Å².